The van der Waals surface area contributed by atoms with E-state index in [1.54, 1.807) is 60.7 Å². The molecule has 0 aliphatic carbocycles. The van der Waals surface area contributed by atoms with Gasteiger partial charge in [-0.2, -0.15) is 0 Å². The second-order valence-corrected chi connectivity index (χ2v) is 7.64. The number of nitrogen functional groups attached to an aromatic ring is 1. The topological polar surface area (TPSA) is 101 Å². The molecule has 3 aromatic carbocycles. The zero-order chi connectivity index (χ0) is 18.7. The molecule has 7 heteroatoms. The van der Waals surface area contributed by atoms with Crippen LogP contribution in [0.5, 0.6) is 0 Å². The Balaban J connectivity index is 1.97. The Labute approximate surface area is 152 Å². The van der Waals surface area contributed by atoms with E-state index in [0.717, 1.165) is 5.56 Å². The number of fused-ring (bicyclic) bond motifs is 1. The van der Waals surface area contributed by atoms with Gasteiger partial charge in [0.05, 0.1) is 4.90 Å². The van der Waals surface area contributed by atoms with Crippen LogP contribution in [0, 0.1) is 0 Å². The maximum Gasteiger partial charge on any atom is 0.241 e. The third kappa shape index (κ3) is 3.84. The lowest BCUT2D eigenvalue weighted by atomic mass is 10.1. The number of anilines is 2. The largest absolute Gasteiger partial charge is 0.399 e. The van der Waals surface area contributed by atoms with Crippen molar-refractivity contribution >= 4 is 38.1 Å². The van der Waals surface area contributed by atoms with E-state index in [2.05, 4.69) is 10.0 Å². The van der Waals surface area contributed by atoms with Crippen LogP contribution in [0.15, 0.2) is 65.6 Å². The first-order valence-electron chi connectivity index (χ1n) is 8.00. The van der Waals surface area contributed by atoms with Crippen molar-refractivity contribution in [3.63, 3.8) is 0 Å². The number of amides is 1. The van der Waals surface area contributed by atoms with Crippen LogP contribution in [0.25, 0.3) is 10.8 Å². The summed E-state index contributed by atoms with van der Waals surface area (Å²) < 4.78 is 28.2. The number of nitrogens with one attached hydrogen (secondary N) is 2. The van der Waals surface area contributed by atoms with E-state index in [-0.39, 0.29) is 17.3 Å². The van der Waals surface area contributed by atoms with Crippen molar-refractivity contribution in [2.24, 2.45) is 0 Å². The first kappa shape index (κ1) is 17.9. The minimum Gasteiger partial charge on any atom is -0.399 e. The van der Waals surface area contributed by atoms with Crippen LogP contribution in [-0.4, -0.2) is 14.3 Å². The predicted molar refractivity (Wildman–Crippen MR) is 103 cm³/mol. The summed E-state index contributed by atoms with van der Waals surface area (Å²) in [6, 6.07) is 17.2. The standard InChI is InChI=1S/C19H19N3O3S/c1-13(23)22-18-9-3-8-17-16(18)7-4-10-19(17)26(24,25)21-12-14-5-2-6-15(20)11-14/h2-11,21H,12,20H2,1H3,(H,22,23). The van der Waals surface area contributed by atoms with Crippen LogP contribution in [0.3, 0.4) is 0 Å². The van der Waals surface area contributed by atoms with Gasteiger partial charge >= 0.3 is 0 Å². The summed E-state index contributed by atoms with van der Waals surface area (Å²) in [4.78, 5) is 11.5. The summed E-state index contributed by atoms with van der Waals surface area (Å²) in [7, 11) is -3.75. The van der Waals surface area contributed by atoms with E-state index in [1.807, 2.05) is 0 Å². The third-order valence-corrected chi connectivity index (χ3v) is 5.36. The van der Waals surface area contributed by atoms with E-state index in [9.17, 15) is 13.2 Å². The van der Waals surface area contributed by atoms with Gasteiger partial charge in [0.1, 0.15) is 0 Å². The molecule has 0 aromatic heterocycles. The molecule has 0 unspecified atom stereocenters. The molecule has 0 spiro atoms. The molecule has 0 fully saturated rings. The molecule has 0 saturated heterocycles. The van der Waals surface area contributed by atoms with Crippen molar-refractivity contribution in [3.8, 4) is 0 Å². The average Bonchev–Trinajstić information content (AvgIpc) is 2.59. The molecule has 0 atom stereocenters. The number of rotatable bonds is 5. The zero-order valence-corrected chi connectivity index (χ0v) is 15.0. The first-order chi connectivity index (χ1) is 12.4. The van der Waals surface area contributed by atoms with Gasteiger partial charge in [0, 0.05) is 35.6 Å². The number of carbonyl (C=O) groups is 1. The number of sulfonamides is 1. The number of hydrogen-bond acceptors (Lipinski definition) is 4. The predicted octanol–water partition coefficient (Wildman–Crippen LogP) is 2.86. The van der Waals surface area contributed by atoms with Crippen LogP contribution < -0.4 is 15.8 Å². The van der Waals surface area contributed by atoms with Crippen molar-refractivity contribution in [1.29, 1.82) is 0 Å². The molecular weight excluding hydrogens is 350 g/mol. The summed E-state index contributed by atoms with van der Waals surface area (Å²) in [6.07, 6.45) is 0. The molecule has 0 bridgehead atoms. The van der Waals surface area contributed by atoms with Crippen molar-refractivity contribution in [2.75, 3.05) is 11.1 Å². The Bertz CT molecular complexity index is 1080. The SMILES string of the molecule is CC(=O)Nc1cccc2c(S(=O)(=O)NCc3cccc(N)c3)cccc12. The number of carbonyl (C=O) groups excluding carboxylic acids is 1. The molecule has 3 rings (SSSR count). The van der Waals surface area contributed by atoms with Gasteiger partial charge in [-0.25, -0.2) is 13.1 Å². The molecule has 26 heavy (non-hydrogen) atoms. The number of nitrogens with two attached hydrogens (primary N) is 1. The molecule has 0 saturated carbocycles. The van der Waals surface area contributed by atoms with Crippen LogP contribution in [-0.2, 0) is 21.4 Å². The van der Waals surface area contributed by atoms with E-state index >= 15 is 0 Å². The van der Waals surface area contributed by atoms with Crippen molar-refractivity contribution in [1.82, 2.24) is 4.72 Å². The normalized spacial score (nSPS) is 11.4. The Morgan fingerprint density at radius 2 is 1.69 bits per heavy atom. The van der Waals surface area contributed by atoms with Crippen LogP contribution >= 0.6 is 0 Å². The van der Waals surface area contributed by atoms with Gasteiger partial charge in [-0.3, -0.25) is 4.79 Å². The Hall–Kier alpha value is -2.90. The van der Waals surface area contributed by atoms with E-state index in [1.165, 1.54) is 6.92 Å². The summed E-state index contributed by atoms with van der Waals surface area (Å²) in [5, 5.41) is 3.92. The average molecular weight is 369 g/mol. The molecule has 0 aliphatic heterocycles. The molecule has 6 nitrogen and oxygen atoms in total. The third-order valence-electron chi connectivity index (χ3n) is 3.90. The summed E-state index contributed by atoms with van der Waals surface area (Å²) in [5.41, 5.74) is 7.65. The molecule has 134 valence electrons. The fraction of sp³-hybridized carbons (Fsp3) is 0.105. The van der Waals surface area contributed by atoms with Gasteiger partial charge in [0.25, 0.3) is 0 Å². The maximum absolute atomic E-state index is 12.8. The smallest absolute Gasteiger partial charge is 0.241 e. The Kier molecular flexibility index (Phi) is 4.92. The van der Waals surface area contributed by atoms with Crippen LogP contribution in [0.2, 0.25) is 0 Å². The lowest BCUT2D eigenvalue weighted by Gasteiger charge is -2.12. The van der Waals surface area contributed by atoms with Crippen molar-refractivity contribution in [3.05, 3.63) is 66.2 Å². The van der Waals surface area contributed by atoms with Gasteiger partial charge in [-0.1, -0.05) is 36.4 Å². The van der Waals surface area contributed by atoms with Crippen molar-refractivity contribution in [2.45, 2.75) is 18.4 Å². The van der Waals surface area contributed by atoms with E-state index < -0.39 is 10.0 Å². The van der Waals surface area contributed by atoms with Crippen LogP contribution in [0.1, 0.15) is 12.5 Å². The summed E-state index contributed by atoms with van der Waals surface area (Å²) in [5.74, 6) is -0.217. The monoisotopic (exact) mass is 369 g/mol. The molecule has 0 heterocycles. The summed E-state index contributed by atoms with van der Waals surface area (Å²) in [6.45, 7) is 1.54. The van der Waals surface area contributed by atoms with E-state index in [0.29, 0.717) is 22.1 Å². The second kappa shape index (κ2) is 7.15. The number of benzene rings is 3. The Morgan fingerprint density at radius 3 is 2.42 bits per heavy atom. The van der Waals surface area contributed by atoms with Gasteiger partial charge < -0.3 is 11.1 Å². The minimum atomic E-state index is -3.75. The first-order valence-corrected chi connectivity index (χ1v) is 9.48. The highest BCUT2D eigenvalue weighted by atomic mass is 32.2. The van der Waals surface area contributed by atoms with Gasteiger partial charge in [-0.05, 0) is 29.8 Å². The highest BCUT2D eigenvalue weighted by molar-refractivity contribution is 7.89. The zero-order valence-electron chi connectivity index (χ0n) is 14.2. The van der Waals surface area contributed by atoms with Crippen molar-refractivity contribution < 1.29 is 13.2 Å². The minimum absolute atomic E-state index is 0.134. The molecule has 3 aromatic rings. The summed E-state index contributed by atoms with van der Waals surface area (Å²) >= 11 is 0. The molecule has 0 aliphatic rings. The van der Waals surface area contributed by atoms with E-state index in [4.69, 9.17) is 5.73 Å². The second-order valence-electron chi connectivity index (χ2n) is 5.91. The van der Waals surface area contributed by atoms with Crippen LogP contribution in [0.4, 0.5) is 11.4 Å². The molecule has 0 radical (unpaired) electrons. The molecule has 1 amide bonds. The number of hydrogen-bond donors (Lipinski definition) is 3. The van der Waals surface area contributed by atoms with Gasteiger partial charge in [0.2, 0.25) is 15.9 Å². The molecular formula is C19H19N3O3S. The van der Waals surface area contributed by atoms with Gasteiger partial charge in [-0.15, -0.1) is 0 Å². The quantitative estimate of drug-likeness (QED) is 0.602. The maximum atomic E-state index is 12.8. The fourth-order valence-electron chi connectivity index (χ4n) is 2.77. The molecule has 4 N–H and O–H groups in total. The van der Waals surface area contributed by atoms with Gasteiger partial charge in [0.15, 0.2) is 0 Å². The lowest BCUT2D eigenvalue weighted by molar-refractivity contribution is -0.114. The Morgan fingerprint density at radius 1 is 1.00 bits per heavy atom. The fourth-order valence-corrected chi connectivity index (χ4v) is 4.01. The lowest BCUT2D eigenvalue weighted by Crippen LogP contribution is -2.23. The highest BCUT2D eigenvalue weighted by Gasteiger charge is 2.18. The highest BCUT2D eigenvalue weighted by Crippen LogP contribution is 2.28.